The van der Waals surface area contributed by atoms with E-state index in [9.17, 15) is 0 Å². The molecule has 12 aromatic carbocycles. The molecule has 280 valence electrons. The van der Waals surface area contributed by atoms with Gasteiger partial charge in [0.1, 0.15) is 0 Å². The molecule has 0 fully saturated rings. The van der Waals surface area contributed by atoms with E-state index in [1.165, 1.54) is 137 Å². The summed E-state index contributed by atoms with van der Waals surface area (Å²) in [5.41, 5.74) is 15.0. The highest BCUT2D eigenvalue weighted by Gasteiger charge is 2.33. The lowest BCUT2D eigenvalue weighted by Crippen LogP contribution is -2.08. The molecule has 0 N–H and O–H groups in total. The molecular weight excluding hydrogens is 721 g/mol. The van der Waals surface area contributed by atoms with Crippen LogP contribution in [-0.4, -0.2) is 0 Å². The zero-order valence-corrected chi connectivity index (χ0v) is 33.7. The average Bonchev–Trinajstić information content (AvgIpc) is 3.95. The third-order valence-corrected chi connectivity index (χ3v) is 13.9. The minimum Gasteiger partial charge on any atom is -0.0751 e. The van der Waals surface area contributed by atoms with Crippen LogP contribution in [-0.2, 0) is 0 Å². The number of allylic oxidation sites excluding steroid dienone is 1. The van der Waals surface area contributed by atoms with Crippen LogP contribution in [0.1, 0.15) is 48.4 Å². The van der Waals surface area contributed by atoms with Crippen molar-refractivity contribution < 1.29 is 0 Å². The van der Waals surface area contributed by atoms with Crippen molar-refractivity contribution in [1.82, 2.24) is 0 Å². The van der Waals surface area contributed by atoms with E-state index in [0.717, 1.165) is 6.42 Å². The molecule has 0 radical (unpaired) electrons. The van der Waals surface area contributed by atoms with Gasteiger partial charge in [0.2, 0.25) is 0 Å². The maximum atomic E-state index is 2.54. The summed E-state index contributed by atoms with van der Waals surface area (Å²) < 4.78 is 0. The van der Waals surface area contributed by atoms with Crippen molar-refractivity contribution in [1.29, 1.82) is 0 Å². The molecule has 0 aliphatic heterocycles. The maximum absolute atomic E-state index is 2.54. The molecule has 0 amide bonds. The summed E-state index contributed by atoms with van der Waals surface area (Å²) in [6.07, 6.45) is 3.51. The van der Waals surface area contributed by atoms with Crippen LogP contribution in [0.5, 0.6) is 0 Å². The van der Waals surface area contributed by atoms with Crippen LogP contribution in [0.3, 0.4) is 0 Å². The molecule has 0 saturated carbocycles. The Kier molecular flexibility index (Phi) is 7.08. The molecule has 0 heteroatoms. The van der Waals surface area contributed by atoms with Gasteiger partial charge in [-0.2, -0.15) is 0 Å². The van der Waals surface area contributed by atoms with Crippen molar-refractivity contribution >= 4 is 81.0 Å². The summed E-state index contributed by atoms with van der Waals surface area (Å²) >= 11 is 0. The Morgan fingerprint density at radius 1 is 0.317 bits per heavy atom. The standard InChI is InChI=1S/C58H34.C2H6/c1-3-14-33(15-4-1)51-50-32-49-38-21-10-9-20-37(38)42-24-12-26-46(55(42)49)56(50)52(34-16-5-2-6-17-34)58-47-27-13-25-44-40(29-31-48(54(44)47)57(51)58)39-28-30-45-36-19-8-7-18-35(36)41-22-11-23-43(39)53(41)45;1-2/h1-27,29-32,39H,28H2;1-2H3. The molecule has 60 heavy (non-hydrogen) atoms. The Morgan fingerprint density at radius 2 is 0.850 bits per heavy atom. The third-order valence-electron chi connectivity index (χ3n) is 13.9. The van der Waals surface area contributed by atoms with Crippen LogP contribution in [0.25, 0.3) is 114 Å². The Balaban J connectivity index is 0.00000183. The van der Waals surface area contributed by atoms with E-state index in [1.54, 1.807) is 0 Å². The van der Waals surface area contributed by atoms with Gasteiger partial charge in [0.05, 0.1) is 0 Å². The van der Waals surface area contributed by atoms with E-state index in [1.807, 2.05) is 13.8 Å². The van der Waals surface area contributed by atoms with Crippen molar-refractivity contribution in [2.24, 2.45) is 0 Å². The highest BCUT2D eigenvalue weighted by atomic mass is 14.4. The summed E-state index contributed by atoms with van der Waals surface area (Å²) in [5.74, 6) is 0.269. The van der Waals surface area contributed by atoms with Gasteiger partial charge < -0.3 is 0 Å². The molecular formula is C60H40. The summed E-state index contributed by atoms with van der Waals surface area (Å²) in [6.45, 7) is 4.00. The van der Waals surface area contributed by atoms with E-state index in [2.05, 4.69) is 188 Å². The zero-order valence-electron chi connectivity index (χ0n) is 33.7. The molecule has 12 aromatic rings. The second-order valence-electron chi connectivity index (χ2n) is 16.5. The van der Waals surface area contributed by atoms with Crippen LogP contribution in [0, 0.1) is 0 Å². The Hall–Kier alpha value is -7.28. The smallest absolute Gasteiger partial charge is 0.0137 e. The first-order valence-electron chi connectivity index (χ1n) is 21.6. The predicted molar refractivity (Wildman–Crippen MR) is 259 cm³/mol. The van der Waals surface area contributed by atoms with Crippen LogP contribution in [0.15, 0.2) is 188 Å². The molecule has 1 atom stereocenters. The van der Waals surface area contributed by atoms with Crippen molar-refractivity contribution in [2.75, 3.05) is 0 Å². The van der Waals surface area contributed by atoms with E-state index in [4.69, 9.17) is 0 Å². The number of rotatable bonds is 3. The highest BCUT2D eigenvalue weighted by molar-refractivity contribution is 6.45. The molecule has 2 aliphatic carbocycles. The van der Waals surface area contributed by atoms with Crippen LogP contribution in [0.4, 0.5) is 0 Å². The monoisotopic (exact) mass is 760 g/mol. The SMILES string of the molecule is C1=C2c3ccccc3-c3cccc(c32)C(c2ccc3c4c(-c5ccccc5)c5cc6c7ccccc7c7cccc(c5c(-c5ccccc5)c4c4cccc2c34)c76)C1.CC. The van der Waals surface area contributed by atoms with E-state index in [-0.39, 0.29) is 5.92 Å². The lowest BCUT2D eigenvalue weighted by molar-refractivity contribution is 0.825. The lowest BCUT2D eigenvalue weighted by Gasteiger charge is -2.26. The number of hydrogen-bond acceptors (Lipinski definition) is 0. The molecule has 0 heterocycles. The van der Waals surface area contributed by atoms with Gasteiger partial charge in [-0.1, -0.05) is 196 Å². The maximum Gasteiger partial charge on any atom is 0.0137 e. The fourth-order valence-electron chi connectivity index (χ4n) is 11.7. The van der Waals surface area contributed by atoms with Gasteiger partial charge in [-0.25, -0.2) is 0 Å². The molecule has 0 aromatic heterocycles. The molecule has 2 aliphatic rings. The number of fused-ring (bicyclic) bond motifs is 11. The van der Waals surface area contributed by atoms with Crippen molar-refractivity contribution in [3.8, 4) is 33.4 Å². The topological polar surface area (TPSA) is 0 Å². The second kappa shape index (κ2) is 12.6. The molecule has 1 unspecified atom stereocenters. The first-order chi connectivity index (χ1) is 29.8. The minimum absolute atomic E-state index is 0.269. The van der Waals surface area contributed by atoms with E-state index < -0.39 is 0 Å². The second-order valence-corrected chi connectivity index (χ2v) is 16.5. The summed E-state index contributed by atoms with van der Waals surface area (Å²) in [6, 6.07) is 68.9. The molecule has 0 spiro atoms. The van der Waals surface area contributed by atoms with Gasteiger partial charge in [-0.3, -0.25) is 0 Å². The van der Waals surface area contributed by atoms with E-state index >= 15 is 0 Å². The van der Waals surface area contributed by atoms with Crippen molar-refractivity contribution in [3.63, 3.8) is 0 Å². The summed E-state index contributed by atoms with van der Waals surface area (Å²) in [5, 5.41) is 18.8. The normalized spacial score (nSPS) is 14.4. The van der Waals surface area contributed by atoms with Crippen molar-refractivity contribution in [2.45, 2.75) is 26.2 Å². The van der Waals surface area contributed by atoms with Gasteiger partial charge in [0.15, 0.2) is 0 Å². The Morgan fingerprint density at radius 3 is 1.62 bits per heavy atom. The largest absolute Gasteiger partial charge is 0.0751 e. The molecule has 0 saturated heterocycles. The molecule has 14 rings (SSSR count). The van der Waals surface area contributed by atoms with Gasteiger partial charge in [0.25, 0.3) is 0 Å². The predicted octanol–water partition coefficient (Wildman–Crippen LogP) is 16.9. The fraction of sp³-hybridized carbons (Fsp3) is 0.0667. The Labute approximate surface area is 349 Å². The lowest BCUT2D eigenvalue weighted by atomic mass is 9.77. The minimum atomic E-state index is 0.269. The van der Waals surface area contributed by atoms with Crippen LogP contribution >= 0.6 is 0 Å². The number of benzene rings is 10. The first-order valence-corrected chi connectivity index (χ1v) is 21.6. The Bertz CT molecular complexity index is 3740. The van der Waals surface area contributed by atoms with Gasteiger partial charge >= 0.3 is 0 Å². The number of hydrogen-bond donors (Lipinski definition) is 0. The van der Waals surface area contributed by atoms with E-state index in [0.29, 0.717) is 0 Å². The molecule has 0 nitrogen and oxygen atoms in total. The third kappa shape index (κ3) is 4.30. The first kappa shape index (κ1) is 33.7. The molecule has 0 bridgehead atoms. The summed E-state index contributed by atoms with van der Waals surface area (Å²) in [7, 11) is 0. The summed E-state index contributed by atoms with van der Waals surface area (Å²) in [4.78, 5) is 0. The van der Waals surface area contributed by atoms with Gasteiger partial charge in [-0.05, 0) is 149 Å². The van der Waals surface area contributed by atoms with Crippen LogP contribution in [0.2, 0.25) is 0 Å². The highest BCUT2D eigenvalue weighted by Crippen LogP contribution is 2.57. The van der Waals surface area contributed by atoms with Gasteiger partial charge in [0, 0.05) is 5.92 Å². The average molecular weight is 761 g/mol. The quantitative estimate of drug-likeness (QED) is 0.157. The van der Waals surface area contributed by atoms with Crippen molar-refractivity contribution in [3.05, 3.63) is 210 Å². The van der Waals surface area contributed by atoms with Gasteiger partial charge in [-0.15, -0.1) is 0 Å². The zero-order chi connectivity index (χ0) is 39.6. The van der Waals surface area contributed by atoms with Crippen LogP contribution < -0.4 is 0 Å². The fourth-order valence-corrected chi connectivity index (χ4v) is 11.7.